The van der Waals surface area contributed by atoms with Crippen molar-refractivity contribution in [3.8, 4) is 23.0 Å². The molecule has 2 aromatic rings. The molecule has 2 N–H and O–H groups in total. The lowest BCUT2D eigenvalue weighted by atomic mass is 10.1. The molecule has 0 spiro atoms. The number of phenolic OH excluding ortho intramolecular Hbond substituents is 2. The van der Waals surface area contributed by atoms with Gasteiger partial charge in [-0.05, 0) is 61.4 Å². The molecule has 0 atom stereocenters. The summed E-state index contributed by atoms with van der Waals surface area (Å²) >= 11 is 0. The third-order valence-electron chi connectivity index (χ3n) is 3.84. The molecule has 2 aromatic carbocycles. The minimum Gasteiger partial charge on any atom is -0.504 e. The molecule has 6 nitrogen and oxygen atoms in total. The van der Waals surface area contributed by atoms with Crippen molar-refractivity contribution in [1.29, 1.82) is 0 Å². The van der Waals surface area contributed by atoms with Gasteiger partial charge in [-0.1, -0.05) is 24.3 Å². The molecule has 0 aliphatic heterocycles. The van der Waals surface area contributed by atoms with Crippen LogP contribution in [0, 0.1) is 0 Å². The van der Waals surface area contributed by atoms with Crippen LogP contribution < -0.4 is 9.47 Å². The van der Waals surface area contributed by atoms with Gasteiger partial charge in [-0.3, -0.25) is 9.59 Å². The van der Waals surface area contributed by atoms with Gasteiger partial charge in [-0.25, -0.2) is 0 Å². The summed E-state index contributed by atoms with van der Waals surface area (Å²) in [5.41, 5.74) is 1.24. The van der Waals surface area contributed by atoms with Crippen LogP contribution in [-0.2, 0) is 9.59 Å². The quantitative estimate of drug-likeness (QED) is 0.463. The molecule has 0 aliphatic rings. The molecule has 152 valence electrons. The number of ether oxygens (including phenoxy) is 2. The highest BCUT2D eigenvalue weighted by Crippen LogP contribution is 2.28. The summed E-state index contributed by atoms with van der Waals surface area (Å²) in [4.78, 5) is 24.0. The van der Waals surface area contributed by atoms with Gasteiger partial charge in [0.15, 0.2) is 34.6 Å². The second-order valence-corrected chi connectivity index (χ2v) is 6.10. The Morgan fingerprint density at radius 2 is 1.21 bits per heavy atom. The number of carbonyl (C=O) groups excluding carboxylic acids is 2. The van der Waals surface area contributed by atoms with E-state index in [4.69, 9.17) is 9.47 Å². The maximum absolute atomic E-state index is 12.0. The van der Waals surface area contributed by atoms with Crippen molar-refractivity contribution in [2.75, 3.05) is 13.2 Å². The number of rotatable bonds is 10. The Morgan fingerprint density at radius 1 is 0.793 bits per heavy atom. The average molecular weight is 396 g/mol. The number of hydrogen-bond donors (Lipinski definition) is 2. The van der Waals surface area contributed by atoms with Crippen LogP contribution in [0.3, 0.4) is 0 Å². The summed E-state index contributed by atoms with van der Waals surface area (Å²) in [5.74, 6) is -0.00324. The van der Waals surface area contributed by atoms with E-state index in [1.807, 2.05) is 13.8 Å². The molecule has 0 bridgehead atoms. The van der Waals surface area contributed by atoms with Gasteiger partial charge in [-0.2, -0.15) is 0 Å². The first-order chi connectivity index (χ1) is 13.9. The van der Waals surface area contributed by atoms with Crippen molar-refractivity contribution in [3.63, 3.8) is 0 Å². The summed E-state index contributed by atoms with van der Waals surface area (Å²) in [7, 11) is 0. The first-order valence-electron chi connectivity index (χ1n) is 9.26. The molecular weight excluding hydrogens is 372 g/mol. The van der Waals surface area contributed by atoms with Gasteiger partial charge in [0.05, 0.1) is 19.6 Å². The highest BCUT2D eigenvalue weighted by molar-refractivity contribution is 6.10. The summed E-state index contributed by atoms with van der Waals surface area (Å²) in [6, 6.07) is 9.60. The lowest BCUT2D eigenvalue weighted by Gasteiger charge is -2.05. The highest BCUT2D eigenvalue weighted by atomic mass is 16.5. The van der Waals surface area contributed by atoms with Gasteiger partial charge in [0.1, 0.15) is 0 Å². The fourth-order valence-electron chi connectivity index (χ4n) is 2.50. The molecule has 0 unspecified atom stereocenters. The predicted octanol–water partition coefficient (Wildman–Crippen LogP) is 4.15. The van der Waals surface area contributed by atoms with E-state index in [-0.39, 0.29) is 29.5 Å². The second kappa shape index (κ2) is 10.7. The van der Waals surface area contributed by atoms with Crippen molar-refractivity contribution in [2.45, 2.75) is 20.3 Å². The Hall–Kier alpha value is -3.54. The van der Waals surface area contributed by atoms with Gasteiger partial charge < -0.3 is 19.7 Å². The Labute approximate surface area is 169 Å². The first kappa shape index (κ1) is 21.8. The van der Waals surface area contributed by atoms with Crippen molar-refractivity contribution in [2.24, 2.45) is 0 Å². The van der Waals surface area contributed by atoms with Crippen LogP contribution in [0.25, 0.3) is 12.2 Å². The van der Waals surface area contributed by atoms with Crippen LogP contribution in [0.4, 0.5) is 0 Å². The van der Waals surface area contributed by atoms with Gasteiger partial charge >= 0.3 is 0 Å². The molecular formula is C23H24O6. The number of benzene rings is 2. The Morgan fingerprint density at radius 3 is 1.55 bits per heavy atom. The van der Waals surface area contributed by atoms with Gasteiger partial charge in [0.2, 0.25) is 0 Å². The lowest BCUT2D eigenvalue weighted by Crippen LogP contribution is -2.01. The zero-order valence-corrected chi connectivity index (χ0v) is 16.4. The number of allylic oxidation sites excluding steroid dienone is 2. The van der Waals surface area contributed by atoms with Crippen LogP contribution in [0.1, 0.15) is 31.4 Å². The molecule has 0 amide bonds. The molecule has 0 heterocycles. The van der Waals surface area contributed by atoms with E-state index in [0.717, 1.165) is 0 Å². The molecule has 6 heteroatoms. The van der Waals surface area contributed by atoms with Crippen LogP contribution in [-0.4, -0.2) is 35.0 Å². The standard InChI is InChI=1S/C23H24O6/c1-3-28-22-11-7-16(13-20(22)26)5-9-18(24)15-19(25)10-6-17-8-12-23(29-4-2)21(27)14-17/h5-14,26-27H,3-4,15H2,1-2H3/b9-5+,10-6+. The van der Waals surface area contributed by atoms with E-state index in [1.54, 1.807) is 24.3 Å². The second-order valence-electron chi connectivity index (χ2n) is 6.10. The SMILES string of the molecule is CCOc1ccc(/C=C/C(=O)CC(=O)/C=C/c2ccc(OCC)c(O)c2)cc1O. The van der Waals surface area contributed by atoms with E-state index in [9.17, 15) is 19.8 Å². The van der Waals surface area contributed by atoms with E-state index in [1.165, 1.54) is 36.4 Å². The fraction of sp³-hybridized carbons (Fsp3) is 0.217. The third-order valence-corrected chi connectivity index (χ3v) is 3.84. The van der Waals surface area contributed by atoms with Gasteiger partial charge in [0, 0.05) is 0 Å². The maximum Gasteiger partial charge on any atom is 0.163 e. The smallest absolute Gasteiger partial charge is 0.163 e. The predicted molar refractivity (Wildman–Crippen MR) is 111 cm³/mol. The molecule has 0 aliphatic carbocycles. The number of hydrogen-bond acceptors (Lipinski definition) is 6. The van der Waals surface area contributed by atoms with E-state index in [0.29, 0.717) is 35.8 Å². The molecule has 0 fully saturated rings. The summed E-state index contributed by atoms with van der Waals surface area (Å²) < 4.78 is 10.5. The largest absolute Gasteiger partial charge is 0.504 e. The number of carbonyl (C=O) groups is 2. The normalized spacial score (nSPS) is 11.1. The molecule has 29 heavy (non-hydrogen) atoms. The number of phenols is 2. The average Bonchev–Trinajstić information content (AvgIpc) is 2.69. The molecule has 2 rings (SSSR count). The number of aromatic hydroxyl groups is 2. The van der Waals surface area contributed by atoms with Crippen molar-refractivity contribution in [3.05, 3.63) is 59.7 Å². The highest BCUT2D eigenvalue weighted by Gasteiger charge is 2.06. The van der Waals surface area contributed by atoms with Crippen molar-refractivity contribution in [1.82, 2.24) is 0 Å². The monoisotopic (exact) mass is 396 g/mol. The van der Waals surface area contributed by atoms with Crippen LogP contribution in [0.5, 0.6) is 23.0 Å². The topological polar surface area (TPSA) is 93.1 Å². The Bertz CT molecular complexity index is 851. The fourth-order valence-corrected chi connectivity index (χ4v) is 2.50. The number of ketones is 2. The Kier molecular flexibility index (Phi) is 8.03. The van der Waals surface area contributed by atoms with E-state index < -0.39 is 0 Å². The molecule has 0 radical (unpaired) electrons. The minimum absolute atomic E-state index is 0.0148. The zero-order chi connectivity index (χ0) is 21.2. The lowest BCUT2D eigenvalue weighted by molar-refractivity contribution is -0.121. The first-order valence-corrected chi connectivity index (χ1v) is 9.26. The van der Waals surface area contributed by atoms with E-state index in [2.05, 4.69) is 0 Å². The van der Waals surface area contributed by atoms with Crippen molar-refractivity contribution < 1.29 is 29.3 Å². The summed E-state index contributed by atoms with van der Waals surface area (Å²) in [6.45, 7) is 4.51. The third kappa shape index (κ3) is 6.84. The van der Waals surface area contributed by atoms with Crippen LogP contribution in [0.15, 0.2) is 48.6 Å². The molecule has 0 saturated carbocycles. The maximum atomic E-state index is 12.0. The minimum atomic E-state index is -0.359. The Balaban J connectivity index is 1.92. The van der Waals surface area contributed by atoms with Crippen LogP contribution in [0.2, 0.25) is 0 Å². The van der Waals surface area contributed by atoms with Gasteiger partial charge in [-0.15, -0.1) is 0 Å². The van der Waals surface area contributed by atoms with E-state index >= 15 is 0 Å². The summed E-state index contributed by atoms with van der Waals surface area (Å²) in [5, 5.41) is 19.7. The van der Waals surface area contributed by atoms with Gasteiger partial charge in [0.25, 0.3) is 0 Å². The zero-order valence-electron chi connectivity index (χ0n) is 16.4. The van der Waals surface area contributed by atoms with Crippen LogP contribution >= 0.6 is 0 Å². The van der Waals surface area contributed by atoms with Crippen molar-refractivity contribution >= 4 is 23.7 Å². The molecule has 0 aromatic heterocycles. The molecule has 0 saturated heterocycles. The summed E-state index contributed by atoms with van der Waals surface area (Å²) in [6.07, 6.45) is 5.37.